The number of carbonyl (C=O) groups is 1. The van der Waals surface area contributed by atoms with Crippen molar-refractivity contribution < 1.29 is 9.53 Å². The van der Waals surface area contributed by atoms with Crippen molar-refractivity contribution in [1.29, 1.82) is 0 Å². The van der Waals surface area contributed by atoms with Gasteiger partial charge in [0.15, 0.2) is 0 Å². The van der Waals surface area contributed by atoms with Crippen molar-refractivity contribution >= 4 is 5.78 Å². The number of ketones is 1. The number of rotatable bonds is 1. The zero-order chi connectivity index (χ0) is 13.2. The van der Waals surface area contributed by atoms with E-state index in [0.717, 1.165) is 6.42 Å². The summed E-state index contributed by atoms with van der Waals surface area (Å²) in [5.41, 5.74) is 0.232. The smallest absolute Gasteiger partial charge is 0.136 e. The first kappa shape index (κ1) is 12.4. The molecular formula is C17H26O2. The summed E-state index contributed by atoms with van der Waals surface area (Å²) < 4.78 is 6.10. The van der Waals surface area contributed by atoms with Crippen molar-refractivity contribution in [3.8, 4) is 0 Å². The number of fused-ring (bicyclic) bond motifs is 2. The molecule has 2 bridgehead atoms. The van der Waals surface area contributed by atoms with Crippen molar-refractivity contribution in [2.75, 3.05) is 0 Å². The predicted molar refractivity (Wildman–Crippen MR) is 73.7 cm³/mol. The summed E-state index contributed by atoms with van der Waals surface area (Å²) in [6.45, 7) is 4.60. The molecule has 19 heavy (non-hydrogen) atoms. The average molecular weight is 262 g/mol. The van der Waals surface area contributed by atoms with Crippen LogP contribution in [0.1, 0.15) is 58.8 Å². The highest BCUT2D eigenvalue weighted by Gasteiger charge is 2.62. The van der Waals surface area contributed by atoms with E-state index in [1.54, 1.807) is 0 Å². The number of epoxide rings is 1. The third kappa shape index (κ3) is 1.82. The lowest BCUT2D eigenvalue weighted by Crippen LogP contribution is -2.29. The van der Waals surface area contributed by atoms with E-state index in [2.05, 4.69) is 13.8 Å². The molecule has 0 unspecified atom stereocenters. The van der Waals surface area contributed by atoms with E-state index in [1.807, 2.05) is 0 Å². The summed E-state index contributed by atoms with van der Waals surface area (Å²) >= 11 is 0. The minimum atomic E-state index is 0.232. The Labute approximate surface area is 116 Å². The third-order valence-corrected chi connectivity index (χ3v) is 6.59. The lowest BCUT2D eigenvalue weighted by molar-refractivity contribution is -0.126. The van der Waals surface area contributed by atoms with E-state index >= 15 is 0 Å². The van der Waals surface area contributed by atoms with Crippen molar-refractivity contribution in [2.45, 2.75) is 70.5 Å². The number of hydrogen-bond acceptors (Lipinski definition) is 2. The fraction of sp³-hybridized carbons (Fsp3) is 0.941. The van der Waals surface area contributed by atoms with Gasteiger partial charge in [-0.2, -0.15) is 0 Å². The molecule has 4 aliphatic rings. The molecular weight excluding hydrogens is 236 g/mol. The highest BCUT2D eigenvalue weighted by molar-refractivity contribution is 5.82. The Kier molecular flexibility index (Phi) is 2.65. The first-order valence-corrected chi connectivity index (χ1v) is 8.29. The first-order valence-electron chi connectivity index (χ1n) is 8.29. The molecule has 2 heteroatoms. The van der Waals surface area contributed by atoms with Crippen LogP contribution in [0.2, 0.25) is 0 Å². The van der Waals surface area contributed by atoms with E-state index < -0.39 is 0 Å². The first-order chi connectivity index (χ1) is 9.09. The predicted octanol–water partition coefficient (Wildman–Crippen LogP) is 3.59. The largest absolute Gasteiger partial charge is 0.366 e. The van der Waals surface area contributed by atoms with Crippen molar-refractivity contribution in [3.63, 3.8) is 0 Å². The van der Waals surface area contributed by atoms with Crippen LogP contribution in [-0.4, -0.2) is 17.5 Å². The molecule has 1 heterocycles. The molecule has 1 spiro atoms. The summed E-state index contributed by atoms with van der Waals surface area (Å²) in [5, 5.41) is 0. The average Bonchev–Trinajstić information content (AvgIpc) is 2.74. The Morgan fingerprint density at radius 3 is 2.89 bits per heavy atom. The molecule has 1 aliphatic heterocycles. The summed E-state index contributed by atoms with van der Waals surface area (Å²) in [7, 11) is 0. The van der Waals surface area contributed by atoms with Crippen LogP contribution in [0.15, 0.2) is 0 Å². The van der Waals surface area contributed by atoms with Gasteiger partial charge in [-0.1, -0.05) is 13.8 Å². The molecule has 0 aromatic rings. The Bertz CT molecular complexity index is 402. The maximum atomic E-state index is 12.8. The molecule has 106 valence electrons. The monoisotopic (exact) mass is 262 g/mol. The molecule has 0 aromatic carbocycles. The molecule has 2 nitrogen and oxygen atoms in total. The maximum Gasteiger partial charge on any atom is 0.136 e. The highest BCUT2D eigenvalue weighted by atomic mass is 16.6. The van der Waals surface area contributed by atoms with Crippen LogP contribution in [0.4, 0.5) is 0 Å². The molecule has 0 radical (unpaired) electrons. The topological polar surface area (TPSA) is 29.6 Å². The molecule has 3 saturated carbocycles. The van der Waals surface area contributed by atoms with E-state index in [0.29, 0.717) is 41.5 Å². The van der Waals surface area contributed by atoms with Gasteiger partial charge in [-0.3, -0.25) is 4.79 Å². The second kappa shape index (κ2) is 4.07. The van der Waals surface area contributed by atoms with E-state index in [1.165, 1.54) is 38.5 Å². The fourth-order valence-corrected chi connectivity index (χ4v) is 5.55. The van der Waals surface area contributed by atoms with Crippen molar-refractivity contribution in [2.24, 2.45) is 29.6 Å². The Morgan fingerprint density at radius 1 is 1.26 bits per heavy atom. The standard InChI is InChI=1S/C17H26O2/c1-10(2)13-4-3-12-8-15-17(19-15)6-5-11(9-17)7-14(18)16(12)13/h10-13,15-16H,3-9H2,1-2H3/t11-,12-,13-,15-,16-,17+/m0/s1. The second-order valence-electron chi connectivity index (χ2n) is 7.96. The molecule has 0 amide bonds. The van der Waals surface area contributed by atoms with E-state index in [9.17, 15) is 4.79 Å². The molecule has 0 aromatic heterocycles. The molecule has 6 atom stereocenters. The lowest BCUT2D eigenvalue weighted by atomic mass is 9.76. The van der Waals surface area contributed by atoms with E-state index in [-0.39, 0.29) is 5.60 Å². The SMILES string of the molecule is CC(C)[C@@H]1CC[C@H]2C[C@@H]3O[C@@]34CC[C@@H](CC(=O)[C@@H]21)C4. The fourth-order valence-electron chi connectivity index (χ4n) is 5.55. The highest BCUT2D eigenvalue weighted by Crippen LogP contribution is 2.58. The van der Waals surface area contributed by atoms with Crippen molar-refractivity contribution in [1.82, 2.24) is 0 Å². The van der Waals surface area contributed by atoms with Gasteiger partial charge in [-0.25, -0.2) is 0 Å². The zero-order valence-corrected chi connectivity index (χ0v) is 12.2. The number of carbonyl (C=O) groups excluding carboxylic acids is 1. The molecule has 4 rings (SSSR count). The van der Waals surface area contributed by atoms with Crippen LogP contribution < -0.4 is 0 Å². The van der Waals surface area contributed by atoms with Gasteiger partial charge in [0, 0.05) is 12.3 Å². The van der Waals surface area contributed by atoms with Crippen LogP contribution in [0.25, 0.3) is 0 Å². The van der Waals surface area contributed by atoms with E-state index in [4.69, 9.17) is 4.74 Å². The van der Waals surface area contributed by atoms with Crippen LogP contribution in [-0.2, 0) is 9.53 Å². The van der Waals surface area contributed by atoms with Crippen LogP contribution in [0.3, 0.4) is 0 Å². The normalized spacial score (nSPS) is 52.4. The van der Waals surface area contributed by atoms with Gasteiger partial charge >= 0.3 is 0 Å². The summed E-state index contributed by atoms with van der Waals surface area (Å²) in [4.78, 5) is 12.8. The Balaban J connectivity index is 1.61. The molecule has 1 saturated heterocycles. The molecule has 4 fully saturated rings. The van der Waals surface area contributed by atoms with Gasteiger partial charge in [-0.05, 0) is 62.2 Å². The summed E-state index contributed by atoms with van der Waals surface area (Å²) in [6.07, 6.45) is 8.68. The maximum absolute atomic E-state index is 12.8. The van der Waals surface area contributed by atoms with Gasteiger partial charge in [0.05, 0.1) is 11.7 Å². The molecule has 0 N–H and O–H groups in total. The van der Waals surface area contributed by atoms with Gasteiger partial charge in [0.25, 0.3) is 0 Å². The summed E-state index contributed by atoms with van der Waals surface area (Å²) in [5.74, 6) is 3.52. The van der Waals surface area contributed by atoms with Crippen LogP contribution in [0, 0.1) is 29.6 Å². The summed E-state index contributed by atoms with van der Waals surface area (Å²) in [6, 6.07) is 0. The van der Waals surface area contributed by atoms with Gasteiger partial charge < -0.3 is 4.74 Å². The quantitative estimate of drug-likeness (QED) is 0.676. The second-order valence-corrected chi connectivity index (χ2v) is 7.96. The van der Waals surface area contributed by atoms with Crippen LogP contribution in [0.5, 0.6) is 0 Å². The number of hydrogen-bond donors (Lipinski definition) is 0. The van der Waals surface area contributed by atoms with Crippen LogP contribution >= 0.6 is 0 Å². The minimum absolute atomic E-state index is 0.232. The third-order valence-electron chi connectivity index (χ3n) is 6.59. The molecule has 3 aliphatic carbocycles. The van der Waals surface area contributed by atoms with Gasteiger partial charge in [0.1, 0.15) is 5.78 Å². The Morgan fingerprint density at radius 2 is 2.11 bits per heavy atom. The van der Waals surface area contributed by atoms with Gasteiger partial charge in [0.2, 0.25) is 0 Å². The minimum Gasteiger partial charge on any atom is -0.366 e. The van der Waals surface area contributed by atoms with Crippen molar-refractivity contribution in [3.05, 3.63) is 0 Å². The Hall–Kier alpha value is -0.370. The number of Topliss-reactive ketones (excluding diaryl/α,β-unsaturated/α-hetero) is 1. The number of ether oxygens (including phenoxy) is 1. The lowest BCUT2D eigenvalue weighted by Gasteiger charge is -2.27. The van der Waals surface area contributed by atoms with Gasteiger partial charge in [-0.15, -0.1) is 0 Å². The zero-order valence-electron chi connectivity index (χ0n) is 12.2.